The molecule has 0 radical (unpaired) electrons. The number of likely N-dealkylation sites (N-methyl/N-ethyl adjacent to an activating group) is 1. The van der Waals surface area contributed by atoms with E-state index in [0.717, 1.165) is 63.6 Å². The maximum absolute atomic E-state index is 13.6. The number of nitrogens with one attached hydrogen (secondary N) is 1. The highest BCUT2D eigenvalue weighted by molar-refractivity contribution is 7.89. The first-order valence-electron chi connectivity index (χ1n) is 12.5. The number of nitriles is 1. The van der Waals surface area contributed by atoms with Crippen molar-refractivity contribution < 1.29 is 17.9 Å². The Morgan fingerprint density at radius 1 is 1.16 bits per heavy atom. The molecule has 10 heteroatoms. The molecule has 2 fully saturated rings. The van der Waals surface area contributed by atoms with Crippen LogP contribution in [0.2, 0.25) is 0 Å². The van der Waals surface area contributed by atoms with Crippen LogP contribution >= 0.6 is 0 Å². The lowest BCUT2D eigenvalue weighted by atomic mass is 10.1. The summed E-state index contributed by atoms with van der Waals surface area (Å²) in [5, 5.41) is 10.2. The summed E-state index contributed by atoms with van der Waals surface area (Å²) in [7, 11) is -2.53. The minimum atomic E-state index is -3.94. The molecule has 2 saturated heterocycles. The summed E-state index contributed by atoms with van der Waals surface area (Å²) < 4.78 is 33.5. The van der Waals surface area contributed by atoms with Gasteiger partial charge in [-0.3, -0.25) is 4.79 Å². The van der Waals surface area contributed by atoms with E-state index >= 15 is 0 Å². The predicted molar refractivity (Wildman–Crippen MR) is 142 cm³/mol. The van der Waals surface area contributed by atoms with Crippen LogP contribution in [0.4, 0.5) is 5.69 Å². The molecule has 0 bridgehead atoms. The van der Waals surface area contributed by atoms with Gasteiger partial charge < -0.3 is 19.5 Å². The number of benzene rings is 2. The number of H-pyrrole nitrogens is 1. The highest BCUT2D eigenvalue weighted by atomic mass is 32.2. The average Bonchev–Trinajstić information content (AvgIpc) is 3.58. The lowest BCUT2D eigenvalue weighted by Crippen LogP contribution is -2.48. The monoisotopic (exact) mass is 521 g/mol. The third-order valence-electron chi connectivity index (χ3n) is 7.11. The fourth-order valence-electron chi connectivity index (χ4n) is 5.02. The minimum absolute atomic E-state index is 0.132. The minimum Gasteiger partial charge on any atom is -0.371 e. The van der Waals surface area contributed by atoms with Gasteiger partial charge >= 0.3 is 0 Å². The van der Waals surface area contributed by atoms with Gasteiger partial charge in [-0.25, -0.2) is 8.42 Å². The Balaban J connectivity index is 1.46. The number of anilines is 1. The SMILES string of the molecule is Cc1ccc2cc(-c3cc(S(=O)(=O)N(C)CC(=O)N4CCO[C@@H](C#N)C4)ccc3N3CCCC3)[nH]c2c1. The number of aromatic nitrogens is 1. The quantitative estimate of drug-likeness (QED) is 0.534. The van der Waals surface area contributed by atoms with Gasteiger partial charge in [-0.2, -0.15) is 9.57 Å². The van der Waals surface area contributed by atoms with Gasteiger partial charge in [-0.1, -0.05) is 12.1 Å². The van der Waals surface area contributed by atoms with E-state index in [1.807, 2.05) is 19.1 Å². The summed E-state index contributed by atoms with van der Waals surface area (Å²) in [5.41, 5.74) is 4.81. The van der Waals surface area contributed by atoms with Crippen molar-refractivity contribution in [2.75, 3.05) is 51.3 Å². The number of nitrogens with zero attached hydrogens (tertiary/aromatic N) is 4. The Bertz CT molecular complexity index is 1470. The van der Waals surface area contributed by atoms with Crippen LogP contribution in [-0.4, -0.2) is 81.0 Å². The summed E-state index contributed by atoms with van der Waals surface area (Å²) >= 11 is 0. The molecular formula is C27H31N5O4S. The van der Waals surface area contributed by atoms with E-state index in [1.54, 1.807) is 12.1 Å². The second-order valence-corrected chi connectivity index (χ2v) is 11.8. The van der Waals surface area contributed by atoms with Crippen molar-refractivity contribution in [2.45, 2.75) is 30.8 Å². The van der Waals surface area contributed by atoms with Crippen LogP contribution < -0.4 is 4.90 Å². The second kappa shape index (κ2) is 10.2. The van der Waals surface area contributed by atoms with Gasteiger partial charge in [-0.05, 0) is 55.7 Å². The molecule has 3 heterocycles. The number of rotatable bonds is 6. The number of hydrogen-bond acceptors (Lipinski definition) is 6. The smallest absolute Gasteiger partial charge is 0.243 e. The van der Waals surface area contributed by atoms with Gasteiger partial charge in [0, 0.05) is 54.5 Å². The Morgan fingerprint density at radius 3 is 2.70 bits per heavy atom. The van der Waals surface area contributed by atoms with Crippen LogP contribution in [-0.2, 0) is 19.6 Å². The number of ether oxygens (including phenoxy) is 1. The number of aryl methyl sites for hydroxylation is 1. The molecule has 0 saturated carbocycles. The predicted octanol–water partition coefficient (Wildman–Crippen LogP) is 3.12. The molecule has 194 valence electrons. The van der Waals surface area contributed by atoms with Gasteiger partial charge in [0.2, 0.25) is 15.9 Å². The highest BCUT2D eigenvalue weighted by Gasteiger charge is 2.30. The first-order valence-corrected chi connectivity index (χ1v) is 13.9. The van der Waals surface area contributed by atoms with Crippen molar-refractivity contribution in [3.63, 3.8) is 0 Å². The Hall–Kier alpha value is -3.39. The van der Waals surface area contributed by atoms with Crippen molar-refractivity contribution in [1.29, 1.82) is 5.26 Å². The highest BCUT2D eigenvalue weighted by Crippen LogP contribution is 2.36. The Morgan fingerprint density at radius 2 is 1.95 bits per heavy atom. The number of morpholine rings is 1. The lowest BCUT2D eigenvalue weighted by molar-refractivity contribution is -0.136. The molecule has 3 aromatic rings. The summed E-state index contributed by atoms with van der Waals surface area (Å²) in [5.74, 6) is -0.352. The fourth-order valence-corrected chi connectivity index (χ4v) is 6.17. The van der Waals surface area contributed by atoms with E-state index in [2.05, 4.69) is 34.1 Å². The standard InChI is InChI=1S/C27H31N5O4S/c1-19-5-6-20-14-25(29-24(20)13-19)23-15-22(7-8-26(23)31-9-3-4-10-31)37(34,35)30(2)18-27(33)32-11-12-36-21(16-28)17-32/h5-8,13-15,21,29H,3-4,9-12,17-18H2,1-2H3/t21-/m0/s1. The van der Waals surface area contributed by atoms with Gasteiger partial charge in [0.15, 0.2) is 6.10 Å². The molecule has 1 amide bonds. The van der Waals surface area contributed by atoms with E-state index in [9.17, 15) is 13.2 Å². The zero-order chi connectivity index (χ0) is 26.2. The third-order valence-corrected chi connectivity index (χ3v) is 8.91. The van der Waals surface area contributed by atoms with Gasteiger partial charge in [0.25, 0.3) is 0 Å². The summed E-state index contributed by atoms with van der Waals surface area (Å²) in [6.45, 7) is 4.31. The van der Waals surface area contributed by atoms with Crippen molar-refractivity contribution in [1.82, 2.24) is 14.2 Å². The third kappa shape index (κ3) is 5.07. The van der Waals surface area contributed by atoms with Crippen molar-refractivity contribution >= 4 is 32.5 Å². The molecule has 0 aliphatic carbocycles. The van der Waals surface area contributed by atoms with Crippen molar-refractivity contribution in [3.05, 3.63) is 48.0 Å². The van der Waals surface area contributed by atoms with Gasteiger partial charge in [0.05, 0.1) is 30.7 Å². The van der Waals surface area contributed by atoms with Crippen LogP contribution in [0.1, 0.15) is 18.4 Å². The fraction of sp³-hybridized carbons (Fsp3) is 0.407. The summed E-state index contributed by atoms with van der Waals surface area (Å²) in [6.07, 6.45) is 1.51. The Kier molecular flexibility index (Phi) is 6.94. The van der Waals surface area contributed by atoms with E-state index in [-0.39, 0.29) is 30.5 Å². The molecule has 2 aliphatic rings. The van der Waals surface area contributed by atoms with Crippen LogP contribution in [0, 0.1) is 18.3 Å². The molecule has 1 atom stereocenters. The molecule has 37 heavy (non-hydrogen) atoms. The number of carbonyl (C=O) groups is 1. The number of fused-ring (bicyclic) bond motifs is 1. The van der Waals surface area contributed by atoms with Crippen molar-refractivity contribution in [3.8, 4) is 17.3 Å². The average molecular weight is 522 g/mol. The molecular weight excluding hydrogens is 490 g/mol. The zero-order valence-electron chi connectivity index (χ0n) is 21.1. The molecule has 2 aliphatic heterocycles. The largest absolute Gasteiger partial charge is 0.371 e. The van der Waals surface area contributed by atoms with E-state index in [4.69, 9.17) is 10.00 Å². The van der Waals surface area contributed by atoms with E-state index in [0.29, 0.717) is 6.54 Å². The number of carbonyl (C=O) groups excluding carboxylic acids is 1. The number of hydrogen-bond donors (Lipinski definition) is 1. The Labute approximate surface area is 217 Å². The van der Waals surface area contributed by atoms with E-state index < -0.39 is 16.1 Å². The van der Waals surface area contributed by atoms with Crippen LogP contribution in [0.15, 0.2) is 47.4 Å². The number of amides is 1. The summed E-state index contributed by atoms with van der Waals surface area (Å²) in [4.78, 5) is 20.2. The maximum Gasteiger partial charge on any atom is 0.243 e. The maximum atomic E-state index is 13.6. The summed E-state index contributed by atoms with van der Waals surface area (Å²) in [6, 6.07) is 15.5. The first-order chi connectivity index (χ1) is 17.8. The zero-order valence-corrected chi connectivity index (χ0v) is 21.9. The molecule has 1 N–H and O–H groups in total. The number of aromatic amines is 1. The lowest BCUT2D eigenvalue weighted by Gasteiger charge is -2.31. The van der Waals surface area contributed by atoms with Crippen molar-refractivity contribution in [2.24, 2.45) is 0 Å². The molecule has 0 unspecified atom stereocenters. The molecule has 9 nitrogen and oxygen atoms in total. The van der Waals surface area contributed by atoms with Crippen LogP contribution in [0.3, 0.4) is 0 Å². The van der Waals surface area contributed by atoms with Crippen LogP contribution in [0.5, 0.6) is 0 Å². The second-order valence-electron chi connectivity index (χ2n) is 9.74. The van der Waals surface area contributed by atoms with E-state index in [1.165, 1.54) is 11.9 Å². The van der Waals surface area contributed by atoms with Gasteiger partial charge in [0.1, 0.15) is 0 Å². The van der Waals surface area contributed by atoms with Gasteiger partial charge in [-0.15, -0.1) is 0 Å². The normalized spacial score (nSPS) is 18.5. The topological polar surface area (TPSA) is 110 Å². The molecule has 1 aromatic heterocycles. The first kappa shape index (κ1) is 25.3. The van der Waals surface area contributed by atoms with Crippen LogP contribution in [0.25, 0.3) is 22.2 Å². The number of sulfonamides is 1. The molecule has 5 rings (SSSR count). The molecule has 0 spiro atoms. The molecule has 2 aromatic carbocycles.